The van der Waals surface area contributed by atoms with E-state index in [9.17, 15) is 75.8 Å². The molecule has 1 atom stereocenters. The van der Waals surface area contributed by atoms with E-state index < -0.39 is 90.2 Å². The Labute approximate surface area is 815 Å². The Kier molecular flexibility index (Phi) is 52.2. The minimum Gasteiger partial charge on any atom is -0.545 e. The van der Waals surface area contributed by atoms with Crippen LogP contribution in [0.15, 0.2) is 345 Å². The van der Waals surface area contributed by atoms with Gasteiger partial charge >= 0.3 is 0 Å². The molecule has 0 fully saturated rings. The van der Waals surface area contributed by atoms with Gasteiger partial charge in [0.15, 0.2) is 10.0 Å². The molecule has 0 spiro atoms. The maximum Gasteiger partial charge on any atom is 0.262 e. The standard InChI is InChI=1S/C16H13NO2S.C15H19NO2S.C14H15NO2S.C12H11NO2S.2C7H9NO2S.C7H6NO2S.2C2H7NO2S.3Pr/c18-20(19,17-14-9-2-1-3-10-14)16-12-6-8-13-7-4-5-11-15(13)16;1-11-9-12(2)15(13(3)10-11)16-19(17,18)14-7-5-4-6-8-14;16-18(17,12-14-9-5-2-6-10-14)15-11-13-7-3-1-4-8-13;14-16(15,12-9-5-2-6-10-12)13-11-7-3-1-4-8-11;1-11(9,10)8-7-5-3-2-4-6-7;2*1-8-11(9,10)7-5-3-2-4-6-7;2*1-3-6(2,4)5;;;/h1-12,17H;4-9,13,16H,10H2,1-3H3;1-10,15H,11-12H2;1-10,13H;2*2-6,8H,1H3;3-4,8H,1H3;2*3H,1-2H3;;;/q;;;;;;-3;;;;;. The normalized spacial score (nSPS) is 12.4. The zero-order valence-corrected chi connectivity index (χ0v) is 86.3. The van der Waals surface area contributed by atoms with E-state index in [4.69, 9.17) is 0 Å². The molecule has 11 aromatic rings. The van der Waals surface area contributed by atoms with Crippen molar-refractivity contribution >= 4 is 118 Å². The van der Waals surface area contributed by atoms with Crippen molar-refractivity contribution in [2.24, 2.45) is 5.92 Å². The van der Waals surface area contributed by atoms with Crippen molar-refractivity contribution in [1.82, 2.24) is 28.3 Å². The summed E-state index contributed by atoms with van der Waals surface area (Å²) in [5.74, 6) is 0.212. The molecule has 3 radical (unpaired) electrons. The van der Waals surface area contributed by atoms with Crippen LogP contribution >= 0.6 is 0 Å². The third kappa shape index (κ3) is 46.0. The SMILES string of the molecule is CC1=CC(C)=C(NS(=O)(=O)c2ccccc2)C(C)C1.CNS(=O)(=O)c1[c-]c[c-]c[c-]1.CNS(=O)(=O)c1ccccc1.CNS(C)(=O)=O.CNS(C)(=O)=O.CS(=O)(=O)Nc1ccccc1.O=S(=O)(Cc1ccccc1)NCc1ccccc1.O=S(=O)(Nc1ccccc1)c1cccc2ccccc12.O=S(=O)(Nc1ccccc1)c1ccccc1.[Pr].[Pr].[Pr]. The number of para-hydroxylation sites is 3. The molecule has 27 nitrogen and oxygen atoms in total. The van der Waals surface area contributed by atoms with E-state index >= 15 is 0 Å². The van der Waals surface area contributed by atoms with Crippen LogP contribution in [0.5, 0.6) is 0 Å². The molecule has 0 aromatic heterocycles. The van der Waals surface area contributed by atoms with Crippen LogP contribution in [0, 0.1) is 148 Å². The monoisotopic (exact) mass is 2210 g/mol. The molecular formula is C82H96N9O18Pr3S9-3. The Morgan fingerprint density at radius 3 is 1.06 bits per heavy atom. The minimum absolute atomic E-state index is 0. The first-order valence-electron chi connectivity index (χ1n) is 35.1. The van der Waals surface area contributed by atoms with Gasteiger partial charge in [0, 0.05) is 164 Å². The van der Waals surface area contributed by atoms with E-state index in [2.05, 4.69) is 67.6 Å². The van der Waals surface area contributed by atoms with E-state index in [1.165, 1.54) is 45.9 Å². The van der Waals surface area contributed by atoms with Gasteiger partial charge < -0.3 is 30.3 Å². The molecule has 11 aromatic carbocycles. The number of hydrogen-bond donors (Lipinski definition) is 9. The van der Waals surface area contributed by atoms with Gasteiger partial charge in [-0.05, 0) is 149 Å². The van der Waals surface area contributed by atoms with Crippen molar-refractivity contribution in [1.29, 1.82) is 0 Å². The molecule has 39 heteroatoms. The molecule has 1 unspecified atom stereocenters. The third-order valence-corrected chi connectivity index (χ3v) is 25.6. The quantitative estimate of drug-likeness (QED) is 0.0285. The molecule has 0 saturated heterocycles. The number of benzene rings is 11. The Hall–Kier alpha value is -6.20. The second-order valence-corrected chi connectivity index (χ2v) is 41.1. The van der Waals surface area contributed by atoms with Gasteiger partial charge in [-0.15, -0.1) is 0 Å². The predicted octanol–water partition coefficient (Wildman–Crippen LogP) is 11.6. The Morgan fingerprint density at radius 1 is 0.347 bits per heavy atom. The molecule has 0 saturated carbocycles. The fourth-order valence-corrected chi connectivity index (χ4v) is 16.3. The molecule has 121 heavy (non-hydrogen) atoms. The first-order chi connectivity index (χ1) is 55.4. The summed E-state index contributed by atoms with van der Waals surface area (Å²) >= 11 is 0. The van der Waals surface area contributed by atoms with Gasteiger partial charge in [0.1, 0.15) is 0 Å². The molecule has 0 bridgehead atoms. The second-order valence-electron chi connectivity index (χ2n) is 24.9. The summed E-state index contributed by atoms with van der Waals surface area (Å²) in [5, 5.41) is 1.63. The average Bonchev–Trinajstić information content (AvgIpc) is 0.779. The van der Waals surface area contributed by atoms with Crippen molar-refractivity contribution in [2.45, 2.75) is 64.0 Å². The fourth-order valence-electron chi connectivity index (χ4n) is 9.56. The van der Waals surface area contributed by atoms with Crippen LogP contribution < -0.4 is 42.5 Å². The molecule has 0 aliphatic heterocycles. The van der Waals surface area contributed by atoms with Crippen LogP contribution in [-0.2, 0) is 103 Å². The molecular weight excluding hydrogens is 2110 g/mol. The van der Waals surface area contributed by atoms with Crippen LogP contribution in [-0.4, -0.2) is 123 Å². The van der Waals surface area contributed by atoms with Gasteiger partial charge in [0.05, 0.1) is 44.1 Å². The summed E-state index contributed by atoms with van der Waals surface area (Å²) < 4.78 is 224. The van der Waals surface area contributed by atoms with Crippen molar-refractivity contribution in [3.8, 4) is 0 Å². The minimum atomic E-state index is -3.59. The average molecular weight is 2210 g/mol. The smallest absolute Gasteiger partial charge is 0.262 e. The topological polar surface area (TPSA) is 416 Å². The van der Waals surface area contributed by atoms with Crippen LogP contribution in [0.25, 0.3) is 10.8 Å². The molecule has 0 heterocycles. The predicted molar refractivity (Wildman–Crippen MR) is 469 cm³/mol. The number of nitrogens with one attached hydrogen (secondary N) is 9. The molecule has 0 amide bonds. The van der Waals surface area contributed by atoms with E-state index in [-0.39, 0.29) is 145 Å². The summed E-state index contributed by atoms with van der Waals surface area (Å²) in [6.45, 7) is 6.39. The number of hydrogen-bond acceptors (Lipinski definition) is 18. The summed E-state index contributed by atoms with van der Waals surface area (Å²) in [4.78, 5) is 1.16. The molecule has 643 valence electrons. The maximum atomic E-state index is 12.5. The number of allylic oxidation sites excluding steroid dienone is 4. The zero-order chi connectivity index (χ0) is 87.7. The van der Waals surface area contributed by atoms with E-state index in [1.54, 1.807) is 176 Å². The number of rotatable bonds is 22. The fraction of sp³-hybridized carbons (Fsp3) is 0.171. The van der Waals surface area contributed by atoms with Crippen molar-refractivity contribution < 1.29 is 200 Å². The van der Waals surface area contributed by atoms with Crippen molar-refractivity contribution in [3.63, 3.8) is 0 Å². The van der Waals surface area contributed by atoms with Gasteiger partial charge in [-0.25, -0.2) is 99.4 Å². The molecule has 1 aliphatic rings. The third-order valence-electron chi connectivity index (χ3n) is 15.2. The van der Waals surface area contributed by atoms with Gasteiger partial charge in [0.2, 0.25) is 50.1 Å². The van der Waals surface area contributed by atoms with E-state index in [1.807, 2.05) is 129 Å². The maximum absolute atomic E-state index is 12.5. The number of sulfonamides is 9. The van der Waals surface area contributed by atoms with Crippen LogP contribution in [0.3, 0.4) is 0 Å². The van der Waals surface area contributed by atoms with E-state index in [0.29, 0.717) is 38.3 Å². The summed E-state index contributed by atoms with van der Waals surface area (Å²) in [6, 6.07) is 93.2. The molecule has 9 N–H and O–H groups in total. The number of anilines is 3. The second kappa shape index (κ2) is 56.0. The first-order valence-corrected chi connectivity index (χ1v) is 49.9. The van der Waals surface area contributed by atoms with Crippen molar-refractivity contribution in [3.05, 3.63) is 349 Å². The van der Waals surface area contributed by atoms with Gasteiger partial charge in [0.25, 0.3) is 30.1 Å². The largest absolute Gasteiger partial charge is 0.545 e. The Balaban J connectivity index is 0.000000694. The van der Waals surface area contributed by atoms with Crippen LogP contribution in [0.1, 0.15) is 38.3 Å². The van der Waals surface area contributed by atoms with Crippen molar-refractivity contribution in [2.75, 3.05) is 61.1 Å². The van der Waals surface area contributed by atoms with Gasteiger partial charge in [-0.3, -0.25) is 23.8 Å². The van der Waals surface area contributed by atoms with Crippen LogP contribution in [0.2, 0.25) is 0 Å². The summed E-state index contributed by atoms with van der Waals surface area (Å²) in [7, 11) is -23.9. The van der Waals surface area contributed by atoms with E-state index in [0.717, 1.165) is 58.4 Å². The molecule has 12 rings (SSSR count). The zero-order valence-electron chi connectivity index (χ0n) is 67.8. The summed E-state index contributed by atoms with van der Waals surface area (Å²) in [5.41, 5.74) is 6.53. The summed E-state index contributed by atoms with van der Waals surface area (Å²) in [6.07, 6.45) is 6.27. The van der Waals surface area contributed by atoms with Gasteiger partial charge in [-0.2, -0.15) is 0 Å². The van der Waals surface area contributed by atoms with Gasteiger partial charge in [-0.1, -0.05) is 225 Å². The Morgan fingerprint density at radius 2 is 0.678 bits per heavy atom. The first kappa shape index (κ1) is 113. The molecule has 1 aliphatic carbocycles. The van der Waals surface area contributed by atoms with Crippen LogP contribution in [0.4, 0.5) is 17.1 Å². The Bertz CT molecular complexity index is 5970. The number of fused-ring (bicyclic) bond motifs is 1.